The largest absolute Gasteiger partial charge is 0.506 e. The Morgan fingerprint density at radius 3 is 2.62 bits per heavy atom. The minimum absolute atomic E-state index is 0.154. The maximum Gasteiger partial charge on any atom is 0.506 e. The Morgan fingerprint density at radius 1 is 1.54 bits per heavy atom. The van der Waals surface area contributed by atoms with Crippen LogP contribution in [0.4, 0.5) is 4.79 Å². The third kappa shape index (κ3) is 6.61. The molecule has 0 atom stereocenters. The fraction of sp³-hybridized carbons (Fsp3) is 0.250. The summed E-state index contributed by atoms with van der Waals surface area (Å²) < 4.78 is 8.59. The summed E-state index contributed by atoms with van der Waals surface area (Å²) in [5.74, 6) is -0.563. The summed E-state index contributed by atoms with van der Waals surface area (Å²) in [6.45, 7) is 4.70. The predicted molar refractivity (Wildman–Crippen MR) is 44.0 cm³/mol. The molecule has 0 unspecified atom stereocenters. The lowest BCUT2D eigenvalue weighted by Gasteiger charge is -1.96. The van der Waals surface area contributed by atoms with E-state index in [9.17, 15) is 9.59 Å². The van der Waals surface area contributed by atoms with Crippen molar-refractivity contribution in [3.05, 3.63) is 24.5 Å². The van der Waals surface area contributed by atoms with Gasteiger partial charge in [0, 0.05) is 5.57 Å². The molecule has 0 amide bonds. The highest BCUT2D eigenvalue weighted by molar-refractivity contribution is 5.87. The predicted octanol–water partition coefficient (Wildman–Crippen LogP) is 1.31. The summed E-state index contributed by atoms with van der Waals surface area (Å²) in [5, 5.41) is 8.03. The molecular weight excluding hydrogens is 176 g/mol. The lowest BCUT2D eigenvalue weighted by Crippen LogP contribution is -2.01. The molecule has 0 aromatic rings. The molecule has 0 aromatic carbocycles. The summed E-state index contributed by atoms with van der Waals surface area (Å²) in [7, 11) is 0. The van der Waals surface area contributed by atoms with Gasteiger partial charge in [-0.25, -0.2) is 9.59 Å². The lowest BCUT2D eigenvalue weighted by molar-refractivity contribution is -0.133. The zero-order valence-corrected chi connectivity index (χ0v) is 7.15. The number of carbonyl (C=O) groups excluding carboxylic acids is 1. The quantitative estimate of drug-likeness (QED) is 0.407. The molecule has 0 aliphatic rings. The van der Waals surface area contributed by atoms with Gasteiger partial charge in [-0.15, -0.1) is 0 Å². The number of ether oxygens (including phenoxy) is 2. The van der Waals surface area contributed by atoms with Gasteiger partial charge in [-0.05, 0) is 13.0 Å². The van der Waals surface area contributed by atoms with E-state index in [-0.39, 0.29) is 12.2 Å². The van der Waals surface area contributed by atoms with Gasteiger partial charge in [0.25, 0.3) is 0 Å². The normalized spacial score (nSPS) is 9.62. The van der Waals surface area contributed by atoms with E-state index in [1.807, 2.05) is 0 Å². The van der Waals surface area contributed by atoms with Gasteiger partial charge < -0.3 is 14.6 Å². The number of hydrogen-bond acceptors (Lipinski definition) is 4. The monoisotopic (exact) mass is 186 g/mol. The Balaban J connectivity index is 3.58. The SMILES string of the molecule is C=C(C)C(=O)OC=CCOC(=O)O. The van der Waals surface area contributed by atoms with Crippen LogP contribution in [0.15, 0.2) is 24.5 Å². The van der Waals surface area contributed by atoms with E-state index in [0.29, 0.717) is 0 Å². The van der Waals surface area contributed by atoms with Gasteiger partial charge in [-0.2, -0.15) is 0 Å². The van der Waals surface area contributed by atoms with Crippen molar-refractivity contribution in [1.82, 2.24) is 0 Å². The van der Waals surface area contributed by atoms with Gasteiger partial charge in [0.15, 0.2) is 0 Å². The lowest BCUT2D eigenvalue weighted by atomic mass is 10.4. The van der Waals surface area contributed by atoms with E-state index < -0.39 is 12.1 Å². The van der Waals surface area contributed by atoms with Crippen molar-refractivity contribution in [2.75, 3.05) is 6.61 Å². The number of carbonyl (C=O) groups is 2. The highest BCUT2D eigenvalue weighted by Gasteiger charge is 1.98. The summed E-state index contributed by atoms with van der Waals surface area (Å²) in [6.07, 6.45) is 0.936. The van der Waals surface area contributed by atoms with Crippen molar-refractivity contribution in [3.8, 4) is 0 Å². The first-order chi connectivity index (χ1) is 6.04. The van der Waals surface area contributed by atoms with E-state index in [0.717, 1.165) is 6.26 Å². The first kappa shape index (κ1) is 11.2. The molecule has 0 aromatic heterocycles. The molecule has 0 rings (SSSR count). The molecular formula is C8H10O5. The van der Waals surface area contributed by atoms with E-state index in [1.54, 1.807) is 0 Å². The van der Waals surface area contributed by atoms with Gasteiger partial charge in [0.1, 0.15) is 6.61 Å². The zero-order valence-electron chi connectivity index (χ0n) is 7.15. The van der Waals surface area contributed by atoms with Crippen LogP contribution in [0.25, 0.3) is 0 Å². The Kier molecular flexibility index (Phi) is 5.02. The summed E-state index contributed by atoms with van der Waals surface area (Å²) in [5.41, 5.74) is 0.267. The highest BCUT2D eigenvalue weighted by Crippen LogP contribution is 1.92. The summed E-state index contributed by atoms with van der Waals surface area (Å²) in [6, 6.07) is 0. The third-order valence-electron chi connectivity index (χ3n) is 0.923. The smallest absolute Gasteiger partial charge is 0.450 e. The van der Waals surface area contributed by atoms with E-state index >= 15 is 0 Å². The maximum atomic E-state index is 10.7. The average Bonchev–Trinajstić information content (AvgIpc) is 2.02. The summed E-state index contributed by atoms with van der Waals surface area (Å²) >= 11 is 0. The summed E-state index contributed by atoms with van der Waals surface area (Å²) in [4.78, 5) is 20.5. The first-order valence-corrected chi connectivity index (χ1v) is 3.41. The van der Waals surface area contributed by atoms with Crippen LogP contribution in [0, 0.1) is 0 Å². The average molecular weight is 186 g/mol. The molecule has 0 saturated heterocycles. The van der Waals surface area contributed by atoms with Crippen molar-refractivity contribution in [1.29, 1.82) is 0 Å². The molecule has 0 saturated carbocycles. The molecule has 0 aliphatic heterocycles. The first-order valence-electron chi connectivity index (χ1n) is 3.41. The second-order valence-corrected chi connectivity index (χ2v) is 2.13. The van der Waals surface area contributed by atoms with Gasteiger partial charge in [0.05, 0.1) is 6.26 Å². The highest BCUT2D eigenvalue weighted by atomic mass is 16.7. The molecule has 5 heteroatoms. The van der Waals surface area contributed by atoms with E-state index in [1.165, 1.54) is 13.0 Å². The van der Waals surface area contributed by atoms with E-state index in [2.05, 4.69) is 16.1 Å². The van der Waals surface area contributed by atoms with Crippen LogP contribution < -0.4 is 0 Å². The zero-order chi connectivity index (χ0) is 10.3. The Bertz CT molecular complexity index is 241. The van der Waals surface area contributed by atoms with Gasteiger partial charge in [-0.3, -0.25) is 0 Å². The fourth-order valence-corrected chi connectivity index (χ4v) is 0.369. The molecule has 0 heterocycles. The molecule has 1 N–H and O–H groups in total. The van der Waals surface area contributed by atoms with Crippen LogP contribution in [0.1, 0.15) is 6.92 Å². The Labute approximate surface area is 75.3 Å². The Hall–Kier alpha value is -1.78. The van der Waals surface area contributed by atoms with Gasteiger partial charge in [0.2, 0.25) is 0 Å². The second kappa shape index (κ2) is 5.82. The second-order valence-electron chi connectivity index (χ2n) is 2.13. The standard InChI is InChI=1S/C8H10O5/c1-6(2)7(9)12-4-3-5-13-8(10)11/h3-4H,1,5H2,2H3,(H,10,11). The van der Waals surface area contributed by atoms with Crippen molar-refractivity contribution >= 4 is 12.1 Å². The minimum atomic E-state index is -1.38. The number of hydrogen-bond donors (Lipinski definition) is 1. The van der Waals surface area contributed by atoms with Crippen LogP contribution in [0.3, 0.4) is 0 Å². The third-order valence-corrected chi connectivity index (χ3v) is 0.923. The van der Waals surface area contributed by atoms with Crippen LogP contribution in [0.2, 0.25) is 0 Å². The van der Waals surface area contributed by atoms with Crippen molar-refractivity contribution < 1.29 is 24.2 Å². The molecule has 72 valence electrons. The molecule has 0 aliphatic carbocycles. The fourth-order valence-electron chi connectivity index (χ4n) is 0.369. The molecule has 5 nitrogen and oxygen atoms in total. The molecule has 0 fully saturated rings. The van der Waals surface area contributed by atoms with Gasteiger partial charge >= 0.3 is 12.1 Å². The van der Waals surface area contributed by atoms with Crippen LogP contribution in [0.5, 0.6) is 0 Å². The van der Waals surface area contributed by atoms with E-state index in [4.69, 9.17) is 5.11 Å². The van der Waals surface area contributed by atoms with Crippen LogP contribution >= 0.6 is 0 Å². The molecule has 13 heavy (non-hydrogen) atoms. The van der Waals surface area contributed by atoms with Crippen molar-refractivity contribution in [3.63, 3.8) is 0 Å². The van der Waals surface area contributed by atoms with Crippen molar-refractivity contribution in [2.24, 2.45) is 0 Å². The molecule has 0 radical (unpaired) electrons. The van der Waals surface area contributed by atoms with Gasteiger partial charge in [-0.1, -0.05) is 6.58 Å². The molecule has 0 spiro atoms. The topological polar surface area (TPSA) is 72.8 Å². The number of carboxylic acid groups (broad SMARTS) is 1. The maximum absolute atomic E-state index is 10.7. The number of rotatable bonds is 4. The minimum Gasteiger partial charge on any atom is -0.450 e. The van der Waals surface area contributed by atoms with Crippen LogP contribution in [-0.4, -0.2) is 23.8 Å². The number of esters is 1. The van der Waals surface area contributed by atoms with Crippen molar-refractivity contribution in [2.45, 2.75) is 6.92 Å². The Morgan fingerprint density at radius 2 is 2.15 bits per heavy atom. The molecule has 0 bridgehead atoms. The van der Waals surface area contributed by atoms with Crippen LogP contribution in [-0.2, 0) is 14.3 Å².